The van der Waals surface area contributed by atoms with Gasteiger partial charge < -0.3 is 24.8 Å². The third kappa shape index (κ3) is 9.33. The number of aryl methyl sites for hydroxylation is 2. The third-order valence-corrected chi connectivity index (χ3v) is 9.39. The molecule has 1 atom stereocenters. The molecule has 0 bridgehead atoms. The first-order valence-electron chi connectivity index (χ1n) is 16.0. The van der Waals surface area contributed by atoms with Crippen LogP contribution >= 0.6 is 0 Å². The van der Waals surface area contributed by atoms with Crippen molar-refractivity contribution < 1.29 is 32.6 Å². The van der Waals surface area contributed by atoms with Crippen molar-refractivity contribution in [2.45, 2.75) is 57.7 Å². The fourth-order valence-corrected chi connectivity index (χ4v) is 6.67. The van der Waals surface area contributed by atoms with Gasteiger partial charge >= 0.3 is 12.1 Å². The molecule has 0 radical (unpaired) electrons. The van der Waals surface area contributed by atoms with Crippen LogP contribution in [0.1, 0.15) is 47.3 Å². The van der Waals surface area contributed by atoms with E-state index in [1.165, 1.54) is 18.2 Å². The number of carbonyl (C=O) groups is 2. The number of sulfonamides is 1. The predicted octanol–water partition coefficient (Wildman–Crippen LogP) is 5.66. The molecule has 4 aromatic rings. The van der Waals surface area contributed by atoms with E-state index in [-0.39, 0.29) is 53.7 Å². The molecule has 1 aromatic heterocycles. The monoisotopic (exact) mass is 687 g/mol. The van der Waals surface area contributed by atoms with Crippen LogP contribution < -0.4 is 14.8 Å². The van der Waals surface area contributed by atoms with Gasteiger partial charge in [0.25, 0.3) is 10.0 Å². The number of anilines is 1. The Labute approximate surface area is 286 Å². The zero-order valence-corrected chi connectivity index (χ0v) is 28.7. The second-order valence-corrected chi connectivity index (χ2v) is 14.2. The van der Waals surface area contributed by atoms with E-state index in [2.05, 4.69) is 33.9 Å². The van der Waals surface area contributed by atoms with E-state index in [0.717, 1.165) is 34.7 Å². The van der Waals surface area contributed by atoms with Crippen LogP contribution in [-0.2, 0) is 21.4 Å². The second-order valence-electron chi connectivity index (χ2n) is 12.6. The van der Waals surface area contributed by atoms with Crippen LogP contribution in [0, 0.1) is 19.8 Å². The van der Waals surface area contributed by atoms with Crippen molar-refractivity contribution in [1.29, 1.82) is 0 Å². The minimum atomic E-state index is -4.25. The Morgan fingerprint density at radius 3 is 2.33 bits per heavy atom. The molecule has 1 aliphatic rings. The first-order chi connectivity index (χ1) is 23.4. The first kappa shape index (κ1) is 35.3. The average molecular weight is 688 g/mol. The molecule has 258 valence electrons. The van der Waals surface area contributed by atoms with Gasteiger partial charge in [-0.2, -0.15) is 4.98 Å². The maximum absolute atomic E-state index is 13.3. The van der Waals surface area contributed by atoms with Crippen LogP contribution in [0.2, 0.25) is 0 Å². The molecule has 3 aromatic carbocycles. The number of nitrogens with zero attached hydrogens (tertiary/aromatic N) is 3. The quantitative estimate of drug-likeness (QED) is 0.151. The fraction of sp³-hybridized carbons (Fsp3) is 0.333. The number of amides is 1. The van der Waals surface area contributed by atoms with E-state index in [1.807, 2.05) is 62.4 Å². The predicted molar refractivity (Wildman–Crippen MR) is 185 cm³/mol. The summed E-state index contributed by atoms with van der Waals surface area (Å²) >= 11 is 0. The summed E-state index contributed by atoms with van der Waals surface area (Å²) in [7, 11) is -4.25. The molecule has 13 heteroatoms. The number of carboxylic acid groups (broad SMARTS) is 1. The summed E-state index contributed by atoms with van der Waals surface area (Å²) in [6.07, 6.45) is 0.423. The highest BCUT2D eigenvalue weighted by Gasteiger charge is 2.33. The van der Waals surface area contributed by atoms with Crippen LogP contribution in [0.25, 0.3) is 11.3 Å². The molecule has 49 heavy (non-hydrogen) atoms. The summed E-state index contributed by atoms with van der Waals surface area (Å²) in [6, 6.07) is 22.0. The van der Waals surface area contributed by atoms with E-state index in [9.17, 15) is 23.1 Å². The Balaban J connectivity index is 1.31. The molecule has 12 nitrogen and oxygen atoms in total. The fourth-order valence-electron chi connectivity index (χ4n) is 5.68. The lowest BCUT2D eigenvalue weighted by Gasteiger charge is -2.40. The number of aromatic nitrogens is 2. The molecule has 1 fully saturated rings. The topological polar surface area (TPSA) is 160 Å². The summed E-state index contributed by atoms with van der Waals surface area (Å²) in [5.74, 6) is -0.955. The zero-order valence-electron chi connectivity index (χ0n) is 27.9. The molecule has 1 aliphatic heterocycles. The lowest BCUT2D eigenvalue weighted by Crippen LogP contribution is -2.62. The van der Waals surface area contributed by atoms with Crippen molar-refractivity contribution in [3.05, 3.63) is 101 Å². The first-order valence-corrected chi connectivity index (χ1v) is 17.5. The lowest BCUT2D eigenvalue weighted by molar-refractivity contribution is 0.0546. The number of carbonyl (C=O) groups excluding carboxylic acids is 1. The third-order valence-electron chi connectivity index (χ3n) is 8.06. The number of hydrogen-bond acceptors (Lipinski definition) is 9. The van der Waals surface area contributed by atoms with E-state index < -0.39 is 16.0 Å². The van der Waals surface area contributed by atoms with Crippen LogP contribution in [0.3, 0.4) is 0 Å². The Bertz CT molecular complexity index is 1880. The minimum Gasteiger partial charge on any atom is -0.478 e. The number of aromatic carboxylic acids is 1. The molecule has 5 rings (SSSR count). The van der Waals surface area contributed by atoms with Gasteiger partial charge in [0, 0.05) is 36.8 Å². The molecule has 0 saturated carbocycles. The smallest absolute Gasteiger partial charge is 0.410 e. The Hall–Kier alpha value is -5.01. The molecule has 0 spiro atoms. The molecule has 0 unspecified atom stereocenters. The highest BCUT2D eigenvalue weighted by Crippen LogP contribution is 2.29. The van der Waals surface area contributed by atoms with Gasteiger partial charge in [-0.15, -0.1) is 0 Å². The van der Waals surface area contributed by atoms with E-state index in [1.54, 1.807) is 11.0 Å². The van der Waals surface area contributed by atoms with Crippen LogP contribution in [0.15, 0.2) is 83.8 Å². The van der Waals surface area contributed by atoms with Crippen LogP contribution in [-0.4, -0.2) is 72.2 Å². The van der Waals surface area contributed by atoms with Crippen molar-refractivity contribution in [2.24, 2.45) is 5.92 Å². The molecule has 0 aliphatic carbocycles. The molecule has 1 saturated heterocycles. The van der Waals surface area contributed by atoms with Crippen LogP contribution in [0.5, 0.6) is 5.88 Å². The van der Waals surface area contributed by atoms with Crippen molar-refractivity contribution in [1.82, 2.24) is 20.2 Å². The Morgan fingerprint density at radius 1 is 0.959 bits per heavy atom. The number of benzene rings is 3. The number of hydrogen-bond donors (Lipinski definition) is 3. The Morgan fingerprint density at radius 2 is 1.65 bits per heavy atom. The lowest BCUT2D eigenvalue weighted by atomic mass is 10.00. The number of carboxylic acids is 1. The summed E-state index contributed by atoms with van der Waals surface area (Å²) in [4.78, 5) is 34.4. The number of nitrogens with one attached hydrogen (secondary N) is 2. The highest BCUT2D eigenvalue weighted by atomic mass is 32.2. The average Bonchev–Trinajstić information content (AvgIpc) is 3.04. The second kappa shape index (κ2) is 15.5. The molecule has 1 amide bonds. The van der Waals surface area contributed by atoms with Gasteiger partial charge in [0.15, 0.2) is 0 Å². The van der Waals surface area contributed by atoms with Gasteiger partial charge in [0.1, 0.15) is 13.2 Å². The molecular weight excluding hydrogens is 646 g/mol. The van der Waals surface area contributed by atoms with Gasteiger partial charge in [-0.3, -0.25) is 0 Å². The summed E-state index contributed by atoms with van der Waals surface area (Å²) in [5, 5.41) is 13.0. The SMILES string of the molecule is Cc1cccc(C)c1-c1cc(OC[C@@H](CC(C)C)NC2CN(C(=O)OCc3ccccc3)C2)nc(NS(=O)(=O)c2cccc(C(=O)O)c2)n1. The minimum absolute atomic E-state index is 0.0520. The van der Waals surface area contributed by atoms with Gasteiger partial charge in [-0.1, -0.05) is 68.4 Å². The largest absolute Gasteiger partial charge is 0.478 e. The van der Waals surface area contributed by atoms with E-state index in [4.69, 9.17) is 9.47 Å². The van der Waals surface area contributed by atoms with Gasteiger partial charge in [0.05, 0.1) is 16.2 Å². The van der Waals surface area contributed by atoms with Gasteiger partial charge in [-0.05, 0) is 61.1 Å². The number of rotatable bonds is 14. The molecular formula is C36H41N5O7S. The summed E-state index contributed by atoms with van der Waals surface area (Å²) < 4.78 is 40.8. The van der Waals surface area contributed by atoms with Crippen molar-refractivity contribution in [3.8, 4) is 17.1 Å². The summed E-state index contributed by atoms with van der Waals surface area (Å²) in [5.41, 5.74) is 3.91. The van der Waals surface area contributed by atoms with Gasteiger partial charge in [-0.25, -0.2) is 27.7 Å². The number of likely N-dealkylation sites (tertiary alicyclic amines) is 1. The van der Waals surface area contributed by atoms with Gasteiger partial charge in [0.2, 0.25) is 11.8 Å². The standard InChI is InChI=1S/C36H41N5O7S/c1-23(2)16-28(37-29-19-41(20-29)36(44)48-21-26-12-6-5-7-13-26)22-47-32-18-31(33-24(3)10-8-11-25(33)4)38-35(39-32)40-49(45,46)30-15-9-14-27(17-30)34(42)43/h5-15,17-18,23,28-29,37H,16,19-22H2,1-4H3,(H,42,43)(H,38,39,40)/t28-/m1/s1. The van der Waals surface area contributed by atoms with Crippen molar-refractivity contribution in [2.75, 3.05) is 24.4 Å². The van der Waals surface area contributed by atoms with E-state index >= 15 is 0 Å². The maximum Gasteiger partial charge on any atom is 0.410 e. The van der Waals surface area contributed by atoms with Crippen molar-refractivity contribution in [3.63, 3.8) is 0 Å². The van der Waals surface area contributed by atoms with Crippen molar-refractivity contribution >= 4 is 28.0 Å². The highest BCUT2D eigenvalue weighted by molar-refractivity contribution is 7.92. The molecule has 3 N–H and O–H groups in total. The maximum atomic E-state index is 13.3. The normalized spacial score (nSPS) is 13.9. The summed E-state index contributed by atoms with van der Waals surface area (Å²) in [6.45, 7) is 9.54. The van der Waals surface area contributed by atoms with E-state index in [0.29, 0.717) is 24.7 Å². The molecule has 2 heterocycles. The van der Waals surface area contributed by atoms with Crippen LogP contribution in [0.4, 0.5) is 10.7 Å². The Kier molecular flexibility index (Phi) is 11.1. The zero-order chi connectivity index (χ0) is 35.1. The number of ether oxygens (including phenoxy) is 2.